The van der Waals surface area contributed by atoms with Gasteiger partial charge in [0.05, 0.1) is 11.2 Å². The predicted octanol–water partition coefficient (Wildman–Crippen LogP) is 2.41. The maximum Gasteiger partial charge on any atom is 0.497 e. The lowest BCUT2D eigenvalue weighted by Gasteiger charge is -2.32. The fourth-order valence-corrected chi connectivity index (χ4v) is 2.09. The quantitative estimate of drug-likeness (QED) is 0.564. The lowest BCUT2D eigenvalue weighted by atomic mass is 9.80. The van der Waals surface area contributed by atoms with E-state index in [2.05, 4.69) is 55.3 Å². The third-order valence-corrected chi connectivity index (χ3v) is 4.29. The summed E-state index contributed by atoms with van der Waals surface area (Å²) in [6, 6.07) is 1.96. The Kier molecular flexibility index (Phi) is 4.50. The van der Waals surface area contributed by atoms with Crippen molar-refractivity contribution in [1.29, 1.82) is 0 Å². The maximum atomic E-state index is 5.96. The van der Waals surface area contributed by atoms with E-state index >= 15 is 0 Å². The summed E-state index contributed by atoms with van der Waals surface area (Å²) in [5, 5.41) is 0. The topological polar surface area (TPSA) is 31.4 Å². The van der Waals surface area contributed by atoms with Crippen molar-refractivity contribution >= 4 is 47.6 Å². The van der Waals surface area contributed by atoms with Crippen molar-refractivity contribution in [1.82, 2.24) is 4.98 Å². The monoisotopic (exact) mass is 367 g/mol. The second-order valence-electron chi connectivity index (χ2n) is 4.99. The minimum Gasteiger partial charge on any atom is -0.399 e. The zero-order valence-corrected chi connectivity index (χ0v) is 13.3. The van der Waals surface area contributed by atoms with Gasteiger partial charge in [-0.3, -0.25) is 4.98 Å². The number of rotatable bonds is 1. The largest absolute Gasteiger partial charge is 0.497 e. The molecule has 3 nitrogen and oxygen atoms in total. The molecule has 0 atom stereocenters. The van der Waals surface area contributed by atoms with Crippen LogP contribution in [0.4, 0.5) is 0 Å². The van der Waals surface area contributed by atoms with Gasteiger partial charge in [-0.25, -0.2) is 0 Å². The molecule has 0 saturated carbocycles. The molecule has 0 amide bonds. The van der Waals surface area contributed by atoms with Gasteiger partial charge >= 0.3 is 7.12 Å². The van der Waals surface area contributed by atoms with Gasteiger partial charge in [0.25, 0.3) is 0 Å². The van der Waals surface area contributed by atoms with Crippen LogP contribution in [0, 0.1) is 3.57 Å². The van der Waals surface area contributed by atoms with Crippen LogP contribution in [0.25, 0.3) is 0 Å². The smallest absolute Gasteiger partial charge is 0.399 e. The summed E-state index contributed by atoms with van der Waals surface area (Å²) in [6.45, 7) is 8.21. The first-order valence-corrected chi connectivity index (χ1v) is 6.36. The maximum absolute atomic E-state index is 5.96. The van der Waals surface area contributed by atoms with Crippen molar-refractivity contribution in [3.8, 4) is 0 Å². The Morgan fingerprint density at radius 2 is 1.71 bits per heavy atom. The number of nitrogens with zero attached hydrogens (tertiary/aromatic N) is 1. The molecule has 1 aliphatic rings. The molecule has 0 unspecified atom stereocenters. The third-order valence-electron chi connectivity index (χ3n) is 3.30. The molecular formula is C11H16BClINO2. The van der Waals surface area contributed by atoms with Crippen LogP contribution in [0.1, 0.15) is 27.7 Å². The molecule has 1 aromatic rings. The molecule has 1 aliphatic heterocycles. The van der Waals surface area contributed by atoms with Crippen molar-refractivity contribution in [2.75, 3.05) is 0 Å². The van der Waals surface area contributed by atoms with Crippen LogP contribution in [0.15, 0.2) is 18.5 Å². The minimum atomic E-state index is -0.314. The molecule has 0 N–H and O–H groups in total. The first-order chi connectivity index (χ1) is 7.33. The highest BCUT2D eigenvalue weighted by atomic mass is 127. The molecule has 17 heavy (non-hydrogen) atoms. The van der Waals surface area contributed by atoms with Gasteiger partial charge in [0.1, 0.15) is 0 Å². The number of hydrogen-bond donors (Lipinski definition) is 0. The van der Waals surface area contributed by atoms with Crippen molar-refractivity contribution in [3.05, 3.63) is 22.0 Å². The van der Waals surface area contributed by atoms with Gasteiger partial charge < -0.3 is 9.31 Å². The van der Waals surface area contributed by atoms with E-state index in [9.17, 15) is 0 Å². The Hall–Kier alpha value is 0.155. The first kappa shape index (κ1) is 15.2. The van der Waals surface area contributed by atoms with E-state index in [4.69, 9.17) is 9.31 Å². The van der Waals surface area contributed by atoms with Gasteiger partial charge in [-0.15, -0.1) is 12.4 Å². The van der Waals surface area contributed by atoms with Gasteiger partial charge in [0, 0.05) is 21.4 Å². The summed E-state index contributed by atoms with van der Waals surface area (Å²) in [6.07, 6.45) is 3.58. The summed E-state index contributed by atoms with van der Waals surface area (Å²) >= 11 is 2.27. The van der Waals surface area contributed by atoms with Crippen LogP contribution in [-0.4, -0.2) is 23.3 Å². The highest BCUT2D eigenvalue weighted by molar-refractivity contribution is 14.1. The second kappa shape index (κ2) is 5.03. The number of pyridine rings is 1. The third kappa shape index (κ3) is 2.77. The van der Waals surface area contributed by atoms with Crippen LogP contribution in [0.5, 0.6) is 0 Å². The van der Waals surface area contributed by atoms with Gasteiger partial charge in [-0.05, 0) is 56.4 Å². The van der Waals surface area contributed by atoms with Crippen molar-refractivity contribution in [2.45, 2.75) is 38.9 Å². The molecule has 6 heteroatoms. The highest BCUT2D eigenvalue weighted by Gasteiger charge is 2.52. The average Bonchev–Trinajstić information content (AvgIpc) is 2.36. The minimum absolute atomic E-state index is 0. The van der Waals surface area contributed by atoms with E-state index in [1.807, 2.05) is 12.3 Å². The van der Waals surface area contributed by atoms with Gasteiger partial charge in [0.15, 0.2) is 0 Å². The number of halogens is 2. The SMILES string of the molecule is CC1(C)OB(c2cnccc2I)OC1(C)C.Cl. The Morgan fingerprint density at radius 3 is 2.18 bits per heavy atom. The Labute approximate surface area is 122 Å². The highest BCUT2D eigenvalue weighted by Crippen LogP contribution is 2.36. The van der Waals surface area contributed by atoms with E-state index < -0.39 is 0 Å². The predicted molar refractivity (Wildman–Crippen MR) is 79.9 cm³/mol. The standard InChI is InChI=1S/C11H15BINO2.ClH/c1-10(2)11(3,4)16-12(15-10)8-7-14-6-5-9(8)13;/h5-7H,1-4H3;1H. The molecule has 0 aromatic carbocycles. The fourth-order valence-electron chi connectivity index (χ4n) is 1.53. The van der Waals surface area contributed by atoms with Gasteiger partial charge in [-0.2, -0.15) is 0 Å². The van der Waals surface area contributed by atoms with Crippen molar-refractivity contribution in [2.24, 2.45) is 0 Å². The number of hydrogen-bond acceptors (Lipinski definition) is 3. The lowest BCUT2D eigenvalue weighted by molar-refractivity contribution is 0.00578. The lowest BCUT2D eigenvalue weighted by Crippen LogP contribution is -2.41. The Bertz CT molecular complexity index is 398. The second-order valence-corrected chi connectivity index (χ2v) is 6.15. The average molecular weight is 367 g/mol. The van der Waals surface area contributed by atoms with Gasteiger partial charge in [0.2, 0.25) is 0 Å². The van der Waals surface area contributed by atoms with Crippen LogP contribution in [0.2, 0.25) is 0 Å². The Balaban J connectivity index is 0.00000144. The molecule has 0 radical (unpaired) electrons. The Morgan fingerprint density at radius 1 is 1.18 bits per heavy atom. The fraction of sp³-hybridized carbons (Fsp3) is 0.545. The molecule has 0 aliphatic carbocycles. The summed E-state index contributed by atoms with van der Waals surface area (Å²) in [5.41, 5.74) is 0.412. The van der Waals surface area contributed by atoms with E-state index in [0.29, 0.717) is 0 Å². The molecule has 0 bridgehead atoms. The first-order valence-electron chi connectivity index (χ1n) is 5.28. The van der Waals surface area contributed by atoms with Crippen molar-refractivity contribution in [3.63, 3.8) is 0 Å². The van der Waals surface area contributed by atoms with Crippen molar-refractivity contribution < 1.29 is 9.31 Å². The molecule has 94 valence electrons. The molecule has 1 fully saturated rings. The van der Waals surface area contributed by atoms with Crippen LogP contribution in [-0.2, 0) is 9.31 Å². The van der Waals surface area contributed by atoms with E-state index in [1.54, 1.807) is 6.20 Å². The molecule has 0 spiro atoms. The number of aromatic nitrogens is 1. The molecule has 2 heterocycles. The molecule has 1 saturated heterocycles. The van der Waals surface area contributed by atoms with E-state index in [0.717, 1.165) is 9.03 Å². The summed E-state index contributed by atoms with van der Waals surface area (Å²) in [4.78, 5) is 4.12. The molecule has 2 rings (SSSR count). The van der Waals surface area contributed by atoms with Gasteiger partial charge in [-0.1, -0.05) is 0 Å². The molecule has 1 aromatic heterocycles. The molecular weight excluding hydrogens is 351 g/mol. The normalized spacial score (nSPS) is 21.1. The van der Waals surface area contributed by atoms with E-state index in [1.165, 1.54) is 0 Å². The zero-order chi connectivity index (χ0) is 12.0. The summed E-state index contributed by atoms with van der Waals surface area (Å²) in [5.74, 6) is 0. The van der Waals surface area contributed by atoms with E-state index in [-0.39, 0.29) is 30.7 Å². The zero-order valence-electron chi connectivity index (χ0n) is 10.4. The van der Waals surface area contributed by atoms with Crippen LogP contribution in [0.3, 0.4) is 0 Å². The van der Waals surface area contributed by atoms with Crippen LogP contribution >= 0.6 is 35.0 Å². The summed E-state index contributed by atoms with van der Waals surface area (Å²) in [7, 11) is -0.314. The summed E-state index contributed by atoms with van der Waals surface area (Å²) < 4.78 is 13.0. The van der Waals surface area contributed by atoms with Crippen LogP contribution < -0.4 is 5.46 Å².